The lowest BCUT2D eigenvalue weighted by molar-refractivity contribution is 0.0661. The SMILES string of the molecule is C[C@@H](N)[C@@H]1CCCN(C(=O)c2ccc(Oc3ccc(F)cc3F)cc2)C1. The van der Waals surface area contributed by atoms with Crippen LogP contribution in [0.1, 0.15) is 30.1 Å². The fourth-order valence-electron chi connectivity index (χ4n) is 3.16. The molecule has 0 aromatic heterocycles. The van der Waals surface area contributed by atoms with Crippen molar-refractivity contribution < 1.29 is 18.3 Å². The number of likely N-dealkylation sites (tertiary alicyclic amines) is 1. The van der Waals surface area contributed by atoms with Crippen LogP contribution in [0.2, 0.25) is 0 Å². The normalized spacial score (nSPS) is 18.5. The summed E-state index contributed by atoms with van der Waals surface area (Å²) in [7, 11) is 0. The zero-order valence-corrected chi connectivity index (χ0v) is 14.6. The molecule has 0 saturated carbocycles. The van der Waals surface area contributed by atoms with E-state index in [4.69, 9.17) is 10.5 Å². The molecule has 0 unspecified atom stereocenters. The van der Waals surface area contributed by atoms with Crippen molar-refractivity contribution in [3.8, 4) is 11.5 Å². The highest BCUT2D eigenvalue weighted by atomic mass is 19.1. The van der Waals surface area contributed by atoms with Crippen LogP contribution in [0.15, 0.2) is 42.5 Å². The molecule has 1 aliphatic rings. The summed E-state index contributed by atoms with van der Waals surface area (Å²) >= 11 is 0. The van der Waals surface area contributed by atoms with Gasteiger partial charge in [-0.3, -0.25) is 4.79 Å². The Morgan fingerprint density at radius 3 is 2.62 bits per heavy atom. The van der Waals surface area contributed by atoms with Gasteiger partial charge >= 0.3 is 0 Å². The van der Waals surface area contributed by atoms with E-state index in [1.807, 2.05) is 11.8 Å². The highest BCUT2D eigenvalue weighted by Gasteiger charge is 2.26. The summed E-state index contributed by atoms with van der Waals surface area (Å²) in [6.07, 6.45) is 1.99. The first kappa shape index (κ1) is 18.3. The van der Waals surface area contributed by atoms with Crippen LogP contribution >= 0.6 is 0 Å². The molecule has 2 aromatic carbocycles. The van der Waals surface area contributed by atoms with Gasteiger partial charge in [0.15, 0.2) is 11.6 Å². The molecule has 6 heteroatoms. The maximum Gasteiger partial charge on any atom is 0.253 e. The molecule has 4 nitrogen and oxygen atoms in total. The van der Waals surface area contributed by atoms with E-state index >= 15 is 0 Å². The van der Waals surface area contributed by atoms with Crippen molar-refractivity contribution >= 4 is 5.91 Å². The van der Waals surface area contributed by atoms with Gasteiger partial charge in [0.2, 0.25) is 0 Å². The molecule has 2 aromatic rings. The van der Waals surface area contributed by atoms with Gasteiger partial charge in [0, 0.05) is 30.8 Å². The van der Waals surface area contributed by atoms with Crippen molar-refractivity contribution in [1.29, 1.82) is 0 Å². The minimum Gasteiger partial charge on any atom is -0.454 e. The Balaban J connectivity index is 1.68. The number of amides is 1. The van der Waals surface area contributed by atoms with Crippen molar-refractivity contribution in [3.05, 3.63) is 59.7 Å². The molecule has 138 valence electrons. The predicted molar refractivity (Wildman–Crippen MR) is 95.2 cm³/mol. The zero-order valence-electron chi connectivity index (χ0n) is 14.6. The van der Waals surface area contributed by atoms with Gasteiger partial charge in [0.05, 0.1) is 0 Å². The summed E-state index contributed by atoms with van der Waals surface area (Å²) < 4.78 is 32.0. The summed E-state index contributed by atoms with van der Waals surface area (Å²) in [6.45, 7) is 3.36. The lowest BCUT2D eigenvalue weighted by atomic mass is 9.92. The van der Waals surface area contributed by atoms with Gasteiger partial charge in [0.1, 0.15) is 11.6 Å². The summed E-state index contributed by atoms with van der Waals surface area (Å²) in [6, 6.07) is 9.67. The van der Waals surface area contributed by atoms with Crippen LogP contribution in [-0.4, -0.2) is 29.9 Å². The molecule has 0 radical (unpaired) electrons. The number of halogens is 2. The third-order valence-corrected chi connectivity index (χ3v) is 4.71. The van der Waals surface area contributed by atoms with Crippen molar-refractivity contribution in [1.82, 2.24) is 4.90 Å². The number of hydrogen-bond acceptors (Lipinski definition) is 3. The molecule has 2 N–H and O–H groups in total. The highest BCUT2D eigenvalue weighted by molar-refractivity contribution is 5.94. The second kappa shape index (κ2) is 7.83. The monoisotopic (exact) mass is 360 g/mol. The van der Waals surface area contributed by atoms with Crippen molar-refractivity contribution in [3.63, 3.8) is 0 Å². The van der Waals surface area contributed by atoms with E-state index in [2.05, 4.69) is 0 Å². The van der Waals surface area contributed by atoms with E-state index in [1.165, 1.54) is 6.07 Å². The number of hydrogen-bond donors (Lipinski definition) is 1. The van der Waals surface area contributed by atoms with Gasteiger partial charge in [-0.2, -0.15) is 0 Å². The Bertz CT molecular complexity index is 778. The Labute approximate surface area is 151 Å². The van der Waals surface area contributed by atoms with Crippen LogP contribution in [-0.2, 0) is 0 Å². The number of carbonyl (C=O) groups is 1. The van der Waals surface area contributed by atoms with Crippen LogP contribution < -0.4 is 10.5 Å². The van der Waals surface area contributed by atoms with Crippen LogP contribution in [0, 0.1) is 17.6 Å². The van der Waals surface area contributed by atoms with Gasteiger partial charge < -0.3 is 15.4 Å². The quantitative estimate of drug-likeness (QED) is 0.898. The summed E-state index contributed by atoms with van der Waals surface area (Å²) in [5.41, 5.74) is 6.52. The van der Waals surface area contributed by atoms with Crippen molar-refractivity contribution in [2.24, 2.45) is 11.7 Å². The fraction of sp³-hybridized carbons (Fsp3) is 0.350. The minimum atomic E-state index is -0.777. The maximum absolute atomic E-state index is 13.7. The Morgan fingerprint density at radius 2 is 1.96 bits per heavy atom. The Hall–Kier alpha value is -2.47. The molecule has 1 amide bonds. The highest BCUT2D eigenvalue weighted by Crippen LogP contribution is 2.26. The zero-order chi connectivity index (χ0) is 18.7. The molecule has 1 aliphatic heterocycles. The van der Waals surface area contributed by atoms with Gasteiger partial charge in [-0.25, -0.2) is 8.78 Å². The second-order valence-electron chi connectivity index (χ2n) is 6.71. The second-order valence-corrected chi connectivity index (χ2v) is 6.71. The first-order valence-electron chi connectivity index (χ1n) is 8.72. The molecule has 0 bridgehead atoms. The molecule has 1 saturated heterocycles. The number of ether oxygens (including phenoxy) is 1. The Morgan fingerprint density at radius 1 is 1.23 bits per heavy atom. The van der Waals surface area contributed by atoms with E-state index in [0.717, 1.165) is 31.5 Å². The molecule has 0 spiro atoms. The van der Waals surface area contributed by atoms with Crippen molar-refractivity contribution in [2.45, 2.75) is 25.8 Å². The van der Waals surface area contributed by atoms with Gasteiger partial charge in [0.25, 0.3) is 5.91 Å². The smallest absolute Gasteiger partial charge is 0.253 e. The third kappa shape index (κ3) is 4.19. The third-order valence-electron chi connectivity index (χ3n) is 4.71. The summed E-state index contributed by atoms with van der Waals surface area (Å²) in [5.74, 6) is -0.866. The number of nitrogens with two attached hydrogens (primary N) is 1. The minimum absolute atomic E-state index is 0.0464. The molecule has 2 atom stereocenters. The number of carbonyl (C=O) groups excluding carboxylic acids is 1. The van der Waals surface area contributed by atoms with Gasteiger partial charge in [-0.05, 0) is 62.1 Å². The lowest BCUT2D eigenvalue weighted by Crippen LogP contribution is -2.45. The molecule has 1 heterocycles. The lowest BCUT2D eigenvalue weighted by Gasteiger charge is -2.34. The number of rotatable bonds is 4. The summed E-state index contributed by atoms with van der Waals surface area (Å²) in [4.78, 5) is 14.5. The van der Waals surface area contributed by atoms with Crippen LogP contribution in [0.4, 0.5) is 8.78 Å². The molecule has 3 rings (SSSR count). The first-order chi connectivity index (χ1) is 12.4. The van der Waals surface area contributed by atoms with E-state index in [-0.39, 0.29) is 17.7 Å². The fourth-order valence-corrected chi connectivity index (χ4v) is 3.16. The van der Waals surface area contributed by atoms with Crippen molar-refractivity contribution in [2.75, 3.05) is 13.1 Å². The predicted octanol–water partition coefficient (Wildman–Crippen LogP) is 3.96. The summed E-state index contributed by atoms with van der Waals surface area (Å²) in [5, 5.41) is 0. The number of piperidine rings is 1. The topological polar surface area (TPSA) is 55.6 Å². The van der Waals surface area contributed by atoms with Crippen LogP contribution in [0.3, 0.4) is 0 Å². The van der Waals surface area contributed by atoms with E-state index < -0.39 is 11.6 Å². The maximum atomic E-state index is 13.7. The molecular weight excluding hydrogens is 338 g/mol. The van der Waals surface area contributed by atoms with Crippen LogP contribution in [0.5, 0.6) is 11.5 Å². The largest absolute Gasteiger partial charge is 0.454 e. The average Bonchev–Trinajstić information content (AvgIpc) is 2.64. The van der Waals surface area contributed by atoms with E-state index in [0.29, 0.717) is 23.8 Å². The number of benzene rings is 2. The number of nitrogens with zero attached hydrogens (tertiary/aromatic N) is 1. The molecule has 0 aliphatic carbocycles. The molecular formula is C20H22F2N2O2. The van der Waals surface area contributed by atoms with E-state index in [9.17, 15) is 13.6 Å². The Kier molecular flexibility index (Phi) is 5.52. The standard InChI is InChI=1S/C20H22F2N2O2/c1-13(23)15-3-2-10-24(12-15)20(25)14-4-7-17(8-5-14)26-19-9-6-16(21)11-18(19)22/h4-9,11,13,15H,2-3,10,12,23H2,1H3/t13-,15-/m1/s1. The van der Waals surface area contributed by atoms with Crippen LogP contribution in [0.25, 0.3) is 0 Å². The molecule has 26 heavy (non-hydrogen) atoms. The van der Waals surface area contributed by atoms with Gasteiger partial charge in [-0.1, -0.05) is 0 Å². The average molecular weight is 360 g/mol. The first-order valence-corrected chi connectivity index (χ1v) is 8.72. The van der Waals surface area contributed by atoms with E-state index in [1.54, 1.807) is 24.3 Å². The van der Waals surface area contributed by atoms with Gasteiger partial charge in [-0.15, -0.1) is 0 Å². The molecule has 1 fully saturated rings.